The quantitative estimate of drug-likeness (QED) is 0.314. The standard InChI is InChI=1S/C26H17BrN2O3S/c1-15(30)28-21-7-2-3-8-23(21)33-22-14-13-20-24-18(22)5-4-6-19(24)25(31)29(26(20)32)17-11-9-16(27)10-12-17/h2-14H,1H3,(H,28,30). The summed E-state index contributed by atoms with van der Waals surface area (Å²) in [6.45, 7) is 1.47. The molecular weight excluding hydrogens is 500 g/mol. The summed E-state index contributed by atoms with van der Waals surface area (Å²) in [6, 6.07) is 23.8. The Morgan fingerprint density at radius 1 is 0.818 bits per heavy atom. The Bertz CT molecular complexity index is 1430. The van der Waals surface area contributed by atoms with E-state index in [1.165, 1.54) is 23.6 Å². The Morgan fingerprint density at radius 3 is 2.24 bits per heavy atom. The molecule has 1 heterocycles. The van der Waals surface area contributed by atoms with Crippen LogP contribution in [-0.4, -0.2) is 17.7 Å². The minimum absolute atomic E-state index is 0.149. The molecule has 0 radical (unpaired) electrons. The zero-order valence-corrected chi connectivity index (χ0v) is 19.9. The first-order valence-corrected chi connectivity index (χ1v) is 11.8. The molecule has 1 N–H and O–H groups in total. The summed E-state index contributed by atoms with van der Waals surface area (Å²) in [4.78, 5) is 41.4. The second-order valence-electron chi connectivity index (χ2n) is 7.54. The third-order valence-electron chi connectivity index (χ3n) is 5.37. The van der Waals surface area contributed by atoms with Gasteiger partial charge in [-0.05, 0) is 60.0 Å². The lowest BCUT2D eigenvalue weighted by molar-refractivity contribution is -0.114. The average molecular weight is 517 g/mol. The van der Waals surface area contributed by atoms with Crippen LogP contribution >= 0.6 is 27.7 Å². The van der Waals surface area contributed by atoms with Crippen LogP contribution in [0.15, 0.2) is 93.1 Å². The Morgan fingerprint density at radius 2 is 1.52 bits per heavy atom. The van der Waals surface area contributed by atoms with E-state index in [-0.39, 0.29) is 17.7 Å². The molecule has 0 saturated carbocycles. The maximum atomic E-state index is 13.4. The van der Waals surface area contributed by atoms with E-state index < -0.39 is 0 Å². The van der Waals surface area contributed by atoms with E-state index in [1.807, 2.05) is 42.5 Å². The number of nitrogens with one attached hydrogen (secondary N) is 1. The molecule has 162 valence electrons. The van der Waals surface area contributed by atoms with Crippen molar-refractivity contribution in [1.82, 2.24) is 0 Å². The molecule has 0 fully saturated rings. The summed E-state index contributed by atoms with van der Waals surface area (Å²) < 4.78 is 0.867. The highest BCUT2D eigenvalue weighted by Gasteiger charge is 2.34. The average Bonchev–Trinajstić information content (AvgIpc) is 2.80. The number of benzene rings is 4. The molecule has 0 aliphatic carbocycles. The molecule has 0 atom stereocenters. The zero-order chi connectivity index (χ0) is 23.1. The second kappa shape index (κ2) is 8.50. The number of amides is 3. The van der Waals surface area contributed by atoms with Crippen LogP contribution < -0.4 is 10.2 Å². The molecule has 1 aliphatic rings. The van der Waals surface area contributed by atoms with Crippen LogP contribution in [0.25, 0.3) is 10.8 Å². The molecule has 0 saturated heterocycles. The first kappa shape index (κ1) is 21.4. The van der Waals surface area contributed by atoms with E-state index in [4.69, 9.17) is 0 Å². The highest BCUT2D eigenvalue weighted by molar-refractivity contribution is 9.10. The first-order valence-electron chi connectivity index (χ1n) is 10.2. The SMILES string of the molecule is CC(=O)Nc1ccccc1Sc1ccc2c3c(cccc13)C(=O)N(c1ccc(Br)cc1)C2=O. The van der Waals surface area contributed by atoms with Gasteiger partial charge in [0.15, 0.2) is 0 Å². The normalized spacial score (nSPS) is 12.8. The van der Waals surface area contributed by atoms with Crippen molar-refractivity contribution in [2.24, 2.45) is 0 Å². The number of nitrogens with zero attached hydrogens (tertiary/aromatic N) is 1. The first-order chi connectivity index (χ1) is 15.9. The smallest absolute Gasteiger partial charge is 0.265 e. The molecule has 7 heteroatoms. The van der Waals surface area contributed by atoms with Gasteiger partial charge in [0.2, 0.25) is 5.91 Å². The van der Waals surface area contributed by atoms with Gasteiger partial charge >= 0.3 is 0 Å². The van der Waals surface area contributed by atoms with Crippen molar-refractivity contribution in [2.45, 2.75) is 16.7 Å². The van der Waals surface area contributed by atoms with E-state index in [9.17, 15) is 14.4 Å². The summed E-state index contributed by atoms with van der Waals surface area (Å²) in [7, 11) is 0. The highest BCUT2D eigenvalue weighted by atomic mass is 79.9. The number of hydrogen-bond acceptors (Lipinski definition) is 4. The second-order valence-corrected chi connectivity index (χ2v) is 9.54. The summed E-state index contributed by atoms with van der Waals surface area (Å²) in [5, 5.41) is 4.33. The number of halogens is 1. The Hall–Kier alpha value is -3.42. The van der Waals surface area contributed by atoms with Crippen LogP contribution in [-0.2, 0) is 4.79 Å². The molecule has 4 aromatic rings. The van der Waals surface area contributed by atoms with E-state index in [1.54, 1.807) is 36.4 Å². The molecule has 1 aliphatic heterocycles. The third-order valence-corrected chi connectivity index (χ3v) is 7.05. The van der Waals surface area contributed by atoms with Gasteiger partial charge in [-0.3, -0.25) is 14.4 Å². The van der Waals surface area contributed by atoms with Gasteiger partial charge < -0.3 is 5.32 Å². The molecule has 0 spiro atoms. The Balaban J connectivity index is 1.61. The fraction of sp³-hybridized carbons (Fsp3) is 0.0385. The van der Waals surface area contributed by atoms with Gasteiger partial charge in [0.25, 0.3) is 11.8 Å². The Labute approximate surface area is 202 Å². The minimum atomic E-state index is -0.346. The van der Waals surface area contributed by atoms with Gasteiger partial charge in [0, 0.05) is 37.7 Å². The maximum absolute atomic E-state index is 13.4. The zero-order valence-electron chi connectivity index (χ0n) is 17.5. The summed E-state index contributed by atoms with van der Waals surface area (Å²) in [5.74, 6) is -0.841. The van der Waals surface area contributed by atoms with Crippen molar-refractivity contribution in [3.63, 3.8) is 0 Å². The number of imide groups is 1. The Kier molecular flexibility index (Phi) is 5.52. The molecule has 5 rings (SSSR count). The van der Waals surface area contributed by atoms with Crippen LogP contribution in [0, 0.1) is 0 Å². The predicted octanol–water partition coefficient (Wildman–Crippen LogP) is 6.51. The van der Waals surface area contributed by atoms with Gasteiger partial charge in [-0.15, -0.1) is 0 Å². The third kappa shape index (κ3) is 3.83. The van der Waals surface area contributed by atoms with E-state index in [0.717, 1.165) is 19.6 Å². The number of rotatable bonds is 4. The van der Waals surface area contributed by atoms with Crippen LogP contribution in [0.3, 0.4) is 0 Å². The van der Waals surface area contributed by atoms with Crippen LogP contribution in [0.5, 0.6) is 0 Å². The largest absolute Gasteiger partial charge is 0.325 e. The monoisotopic (exact) mass is 516 g/mol. The van der Waals surface area contributed by atoms with Gasteiger partial charge in [-0.1, -0.05) is 52.0 Å². The minimum Gasteiger partial charge on any atom is -0.325 e. The van der Waals surface area contributed by atoms with Crippen molar-refractivity contribution in [3.05, 3.63) is 94.5 Å². The van der Waals surface area contributed by atoms with E-state index in [0.29, 0.717) is 27.9 Å². The maximum Gasteiger partial charge on any atom is 0.265 e. The lowest BCUT2D eigenvalue weighted by Crippen LogP contribution is -2.40. The molecule has 4 aromatic carbocycles. The molecule has 3 amide bonds. The van der Waals surface area contributed by atoms with Crippen molar-refractivity contribution in [1.29, 1.82) is 0 Å². The van der Waals surface area contributed by atoms with Crippen LogP contribution in [0.1, 0.15) is 27.6 Å². The number of hydrogen-bond donors (Lipinski definition) is 1. The van der Waals surface area contributed by atoms with Crippen molar-refractivity contribution in [3.8, 4) is 0 Å². The highest BCUT2D eigenvalue weighted by Crippen LogP contribution is 2.41. The number of carbonyl (C=O) groups is 3. The molecular formula is C26H17BrN2O3S. The van der Waals surface area contributed by atoms with Gasteiger partial charge in [-0.25, -0.2) is 4.90 Å². The molecule has 0 bridgehead atoms. The van der Waals surface area contributed by atoms with Gasteiger partial charge in [-0.2, -0.15) is 0 Å². The lowest BCUT2D eigenvalue weighted by atomic mass is 9.93. The molecule has 0 aromatic heterocycles. The van der Waals surface area contributed by atoms with Crippen molar-refractivity contribution >= 4 is 67.6 Å². The van der Waals surface area contributed by atoms with Gasteiger partial charge in [0.1, 0.15) is 0 Å². The van der Waals surface area contributed by atoms with Crippen molar-refractivity contribution < 1.29 is 14.4 Å². The summed E-state index contributed by atoms with van der Waals surface area (Å²) in [5.41, 5.74) is 2.22. The van der Waals surface area contributed by atoms with Crippen molar-refractivity contribution in [2.75, 3.05) is 10.2 Å². The number of anilines is 2. The summed E-state index contributed by atoms with van der Waals surface area (Å²) in [6.07, 6.45) is 0. The topological polar surface area (TPSA) is 66.5 Å². The van der Waals surface area contributed by atoms with E-state index in [2.05, 4.69) is 21.2 Å². The van der Waals surface area contributed by atoms with Gasteiger partial charge in [0.05, 0.1) is 11.4 Å². The number of carbonyl (C=O) groups excluding carboxylic acids is 3. The number of para-hydroxylation sites is 1. The molecule has 33 heavy (non-hydrogen) atoms. The van der Waals surface area contributed by atoms with E-state index >= 15 is 0 Å². The fourth-order valence-electron chi connectivity index (χ4n) is 3.95. The molecule has 0 unspecified atom stereocenters. The van der Waals surface area contributed by atoms with Crippen LogP contribution in [0.2, 0.25) is 0 Å². The van der Waals surface area contributed by atoms with Crippen LogP contribution in [0.4, 0.5) is 11.4 Å². The molecule has 5 nitrogen and oxygen atoms in total. The lowest BCUT2D eigenvalue weighted by Gasteiger charge is -2.28. The fourth-order valence-corrected chi connectivity index (χ4v) is 5.24. The summed E-state index contributed by atoms with van der Waals surface area (Å²) >= 11 is 4.87. The predicted molar refractivity (Wildman–Crippen MR) is 134 cm³/mol.